The van der Waals surface area contributed by atoms with Crippen LogP contribution >= 0.6 is 12.6 Å². The molecule has 1 fully saturated rings. The summed E-state index contributed by atoms with van der Waals surface area (Å²) in [5.41, 5.74) is 0.738. The van der Waals surface area contributed by atoms with Gasteiger partial charge in [-0.25, -0.2) is 8.42 Å². The third-order valence-electron chi connectivity index (χ3n) is 5.43. The predicted molar refractivity (Wildman–Crippen MR) is 123 cm³/mol. The van der Waals surface area contributed by atoms with Gasteiger partial charge < -0.3 is 5.32 Å². The minimum atomic E-state index is -3.67. The van der Waals surface area contributed by atoms with Crippen LogP contribution < -0.4 is 5.32 Å². The van der Waals surface area contributed by atoms with E-state index in [0.717, 1.165) is 16.5 Å². The van der Waals surface area contributed by atoms with Gasteiger partial charge in [0.05, 0.1) is 4.90 Å². The molecule has 7 heteroatoms. The number of amides is 1. The molecule has 0 bridgehead atoms. The Morgan fingerprint density at radius 1 is 1.00 bits per heavy atom. The van der Waals surface area contributed by atoms with Crippen molar-refractivity contribution in [3.05, 3.63) is 72.8 Å². The Balaban J connectivity index is 1.49. The van der Waals surface area contributed by atoms with E-state index >= 15 is 0 Å². The lowest BCUT2D eigenvalue weighted by Crippen LogP contribution is -2.36. The maximum absolute atomic E-state index is 13.4. The first kappa shape index (κ1) is 20.9. The van der Waals surface area contributed by atoms with Gasteiger partial charge >= 0.3 is 0 Å². The van der Waals surface area contributed by atoms with Crippen molar-refractivity contribution in [2.24, 2.45) is 0 Å². The van der Waals surface area contributed by atoms with Crippen LogP contribution in [-0.2, 0) is 14.8 Å². The van der Waals surface area contributed by atoms with Crippen molar-refractivity contribution in [3.63, 3.8) is 0 Å². The lowest BCUT2D eigenvalue weighted by Gasteiger charge is -2.24. The Morgan fingerprint density at radius 3 is 2.47 bits per heavy atom. The molecule has 0 unspecified atom stereocenters. The molecule has 1 aliphatic heterocycles. The maximum atomic E-state index is 13.4. The monoisotopic (exact) mass is 440 g/mol. The van der Waals surface area contributed by atoms with Gasteiger partial charge in [0.1, 0.15) is 0 Å². The van der Waals surface area contributed by atoms with Gasteiger partial charge in [-0.2, -0.15) is 16.9 Å². The van der Waals surface area contributed by atoms with Crippen LogP contribution in [0, 0.1) is 0 Å². The highest BCUT2D eigenvalue weighted by molar-refractivity contribution is 7.89. The highest BCUT2D eigenvalue weighted by Gasteiger charge is 2.39. The normalized spacial score (nSPS) is 19.8. The summed E-state index contributed by atoms with van der Waals surface area (Å²) in [6, 6.07) is 21.9. The lowest BCUT2D eigenvalue weighted by molar-refractivity contribution is -0.116. The molecule has 1 amide bonds. The Bertz CT molecular complexity index is 1150. The minimum Gasteiger partial charge on any atom is -0.326 e. The van der Waals surface area contributed by atoms with Crippen molar-refractivity contribution in [2.75, 3.05) is 11.9 Å². The van der Waals surface area contributed by atoms with E-state index in [0.29, 0.717) is 19.4 Å². The molecule has 0 aliphatic carbocycles. The molecule has 1 aliphatic rings. The fourth-order valence-corrected chi connectivity index (χ4v) is 6.20. The zero-order chi connectivity index (χ0) is 21.1. The highest BCUT2D eigenvalue weighted by atomic mass is 32.2. The topological polar surface area (TPSA) is 66.5 Å². The Hall–Kier alpha value is -2.35. The molecule has 1 heterocycles. The molecule has 0 spiro atoms. The summed E-state index contributed by atoms with van der Waals surface area (Å²) < 4.78 is 28.2. The number of nitrogens with one attached hydrogen (secondary N) is 1. The number of carbonyl (C=O) groups is 1. The molecule has 156 valence electrons. The molecule has 0 radical (unpaired) electrons. The van der Waals surface area contributed by atoms with Crippen molar-refractivity contribution in [1.82, 2.24) is 4.31 Å². The molecule has 1 N–H and O–H groups in total. The molecule has 30 heavy (non-hydrogen) atoms. The van der Waals surface area contributed by atoms with E-state index in [-0.39, 0.29) is 28.5 Å². The SMILES string of the molecule is O=C(CC[C@@H]1C[C@@H](S)CN1S(=O)(=O)c1ccc2ccccc2c1)Nc1ccccc1. The minimum absolute atomic E-state index is 0.0394. The quantitative estimate of drug-likeness (QED) is 0.561. The molecular weight excluding hydrogens is 416 g/mol. The van der Waals surface area contributed by atoms with E-state index in [4.69, 9.17) is 0 Å². The summed E-state index contributed by atoms with van der Waals surface area (Å²) >= 11 is 4.53. The third kappa shape index (κ3) is 4.53. The highest BCUT2D eigenvalue weighted by Crippen LogP contribution is 2.32. The standard InChI is InChI=1S/C23H24N2O3S2/c26-23(24-19-8-2-1-3-9-19)13-11-20-15-21(29)16-25(20)30(27,28)22-12-10-17-6-4-5-7-18(17)14-22/h1-10,12,14,20-21,29H,11,13,15-16H2,(H,24,26)/t20-,21-/m1/s1. The van der Waals surface area contributed by atoms with Crippen LogP contribution in [0.1, 0.15) is 19.3 Å². The fourth-order valence-electron chi connectivity index (χ4n) is 3.93. The van der Waals surface area contributed by atoms with Gasteiger partial charge in [0, 0.05) is 29.9 Å². The maximum Gasteiger partial charge on any atom is 0.243 e. The van der Waals surface area contributed by atoms with E-state index in [2.05, 4.69) is 17.9 Å². The number of benzene rings is 3. The number of sulfonamides is 1. The van der Waals surface area contributed by atoms with Crippen LogP contribution in [0.5, 0.6) is 0 Å². The number of anilines is 1. The molecular formula is C23H24N2O3S2. The zero-order valence-corrected chi connectivity index (χ0v) is 18.1. The number of para-hydroxylation sites is 1. The van der Waals surface area contributed by atoms with E-state index in [1.807, 2.05) is 60.7 Å². The van der Waals surface area contributed by atoms with Gasteiger partial charge in [-0.1, -0.05) is 48.5 Å². The third-order valence-corrected chi connectivity index (χ3v) is 7.72. The molecule has 0 aromatic heterocycles. The second kappa shape index (κ2) is 8.79. The first-order valence-electron chi connectivity index (χ1n) is 9.97. The van der Waals surface area contributed by atoms with Crippen LogP contribution in [-0.4, -0.2) is 36.5 Å². The van der Waals surface area contributed by atoms with Crippen molar-refractivity contribution >= 4 is 45.0 Å². The number of rotatable bonds is 6. The molecule has 2 atom stereocenters. The Labute approximate surface area is 182 Å². The van der Waals surface area contributed by atoms with E-state index < -0.39 is 10.0 Å². The molecule has 3 aromatic rings. The summed E-state index contributed by atoms with van der Waals surface area (Å²) in [5, 5.41) is 4.70. The van der Waals surface area contributed by atoms with E-state index in [1.54, 1.807) is 12.1 Å². The summed E-state index contributed by atoms with van der Waals surface area (Å²) in [5.74, 6) is -0.119. The van der Waals surface area contributed by atoms with Crippen molar-refractivity contribution in [2.45, 2.75) is 35.4 Å². The fraction of sp³-hybridized carbons (Fsp3) is 0.261. The van der Waals surface area contributed by atoms with Crippen LogP contribution in [0.25, 0.3) is 10.8 Å². The second-order valence-electron chi connectivity index (χ2n) is 7.58. The average Bonchev–Trinajstić information content (AvgIpc) is 3.14. The number of hydrogen-bond donors (Lipinski definition) is 2. The van der Waals surface area contributed by atoms with Crippen LogP contribution in [0.15, 0.2) is 77.7 Å². The largest absolute Gasteiger partial charge is 0.326 e. The van der Waals surface area contributed by atoms with Gasteiger partial charge in [-0.05, 0) is 47.9 Å². The van der Waals surface area contributed by atoms with Gasteiger partial charge in [0.15, 0.2) is 0 Å². The number of thiol groups is 1. The smallest absolute Gasteiger partial charge is 0.243 e. The summed E-state index contributed by atoms with van der Waals surface area (Å²) in [4.78, 5) is 12.6. The molecule has 1 saturated heterocycles. The first-order chi connectivity index (χ1) is 14.4. The van der Waals surface area contributed by atoms with E-state index in [1.165, 1.54) is 4.31 Å². The summed E-state index contributed by atoms with van der Waals surface area (Å²) in [6.07, 6.45) is 1.35. The Kier molecular flexibility index (Phi) is 6.13. The van der Waals surface area contributed by atoms with Crippen LogP contribution in [0.2, 0.25) is 0 Å². The summed E-state index contributed by atoms with van der Waals surface area (Å²) in [6.45, 7) is 0.350. The van der Waals surface area contributed by atoms with Gasteiger partial charge in [-0.3, -0.25) is 4.79 Å². The van der Waals surface area contributed by atoms with Gasteiger partial charge in [0.2, 0.25) is 15.9 Å². The van der Waals surface area contributed by atoms with Crippen molar-refractivity contribution < 1.29 is 13.2 Å². The summed E-state index contributed by atoms with van der Waals surface area (Å²) in [7, 11) is -3.67. The second-order valence-corrected chi connectivity index (χ2v) is 10.2. The molecule has 4 rings (SSSR count). The molecule has 3 aromatic carbocycles. The van der Waals surface area contributed by atoms with E-state index in [9.17, 15) is 13.2 Å². The lowest BCUT2D eigenvalue weighted by atomic mass is 10.1. The number of hydrogen-bond acceptors (Lipinski definition) is 4. The average molecular weight is 441 g/mol. The zero-order valence-electron chi connectivity index (χ0n) is 16.4. The van der Waals surface area contributed by atoms with Crippen LogP contribution in [0.3, 0.4) is 0 Å². The van der Waals surface area contributed by atoms with Crippen LogP contribution in [0.4, 0.5) is 5.69 Å². The number of carbonyl (C=O) groups excluding carboxylic acids is 1. The number of nitrogens with zero attached hydrogens (tertiary/aromatic N) is 1. The Morgan fingerprint density at radius 2 is 1.70 bits per heavy atom. The molecule has 0 saturated carbocycles. The molecule has 5 nitrogen and oxygen atoms in total. The van der Waals surface area contributed by atoms with Gasteiger partial charge in [-0.15, -0.1) is 0 Å². The predicted octanol–water partition coefficient (Wildman–Crippen LogP) is 4.32. The first-order valence-corrected chi connectivity index (χ1v) is 11.9. The van der Waals surface area contributed by atoms with Gasteiger partial charge in [0.25, 0.3) is 0 Å². The number of fused-ring (bicyclic) bond motifs is 1. The van der Waals surface area contributed by atoms with Crippen molar-refractivity contribution in [1.29, 1.82) is 0 Å². The van der Waals surface area contributed by atoms with Crippen molar-refractivity contribution in [3.8, 4) is 0 Å².